The second-order valence-corrected chi connectivity index (χ2v) is 6.64. The van der Waals surface area contributed by atoms with E-state index < -0.39 is 0 Å². The Morgan fingerprint density at radius 1 is 1.36 bits per heavy atom. The normalized spacial score (nSPS) is 22.2. The van der Waals surface area contributed by atoms with Crippen LogP contribution < -0.4 is 5.32 Å². The molecule has 0 saturated heterocycles. The van der Waals surface area contributed by atoms with Gasteiger partial charge in [-0.2, -0.15) is 0 Å². The summed E-state index contributed by atoms with van der Waals surface area (Å²) in [7, 11) is 0. The van der Waals surface area contributed by atoms with Crippen molar-refractivity contribution in [2.24, 2.45) is 5.92 Å². The number of aromatic nitrogens is 2. The molecule has 3 rings (SSSR count). The van der Waals surface area contributed by atoms with E-state index in [1.807, 2.05) is 19.9 Å². The van der Waals surface area contributed by atoms with E-state index in [0.29, 0.717) is 17.2 Å². The molecule has 1 fully saturated rings. The summed E-state index contributed by atoms with van der Waals surface area (Å²) < 4.78 is 5.22. The van der Waals surface area contributed by atoms with E-state index in [1.54, 1.807) is 6.20 Å². The van der Waals surface area contributed by atoms with Crippen molar-refractivity contribution in [3.05, 3.63) is 23.5 Å². The zero-order valence-corrected chi connectivity index (χ0v) is 13.4. The van der Waals surface area contributed by atoms with Gasteiger partial charge < -0.3 is 9.84 Å². The molecule has 5 heteroatoms. The number of amides is 1. The van der Waals surface area contributed by atoms with E-state index in [1.165, 1.54) is 19.3 Å². The number of pyridine rings is 1. The number of carbonyl (C=O) groups is 1. The van der Waals surface area contributed by atoms with E-state index in [2.05, 4.69) is 22.4 Å². The van der Waals surface area contributed by atoms with Crippen LogP contribution in [-0.4, -0.2) is 22.1 Å². The maximum atomic E-state index is 12.5. The molecule has 2 aromatic rings. The summed E-state index contributed by atoms with van der Waals surface area (Å²) in [5.41, 5.74) is 1.92. The lowest BCUT2D eigenvalue weighted by Gasteiger charge is -2.29. The monoisotopic (exact) mass is 301 g/mol. The third kappa shape index (κ3) is 2.85. The summed E-state index contributed by atoms with van der Waals surface area (Å²) >= 11 is 0. The summed E-state index contributed by atoms with van der Waals surface area (Å²) in [5.74, 6) is 0.722. The second kappa shape index (κ2) is 6.07. The lowest BCUT2D eigenvalue weighted by molar-refractivity contribution is 0.0910. The Morgan fingerprint density at radius 2 is 2.14 bits per heavy atom. The predicted octanol–water partition coefficient (Wildman–Crippen LogP) is 3.65. The van der Waals surface area contributed by atoms with Gasteiger partial charge in [0.05, 0.1) is 16.6 Å². The zero-order valence-electron chi connectivity index (χ0n) is 13.4. The number of hydrogen-bond acceptors (Lipinski definition) is 4. The van der Waals surface area contributed by atoms with Crippen LogP contribution in [0.25, 0.3) is 11.1 Å². The highest BCUT2D eigenvalue weighted by Crippen LogP contribution is 2.26. The molecule has 1 aliphatic rings. The van der Waals surface area contributed by atoms with Crippen molar-refractivity contribution < 1.29 is 9.32 Å². The van der Waals surface area contributed by atoms with Gasteiger partial charge in [0.15, 0.2) is 0 Å². The Balaban J connectivity index is 1.83. The smallest absolute Gasteiger partial charge is 0.257 e. The van der Waals surface area contributed by atoms with Gasteiger partial charge >= 0.3 is 0 Å². The van der Waals surface area contributed by atoms with Crippen LogP contribution in [0, 0.1) is 5.92 Å². The molecular weight excluding hydrogens is 278 g/mol. The fraction of sp³-hybridized carbons (Fsp3) is 0.588. The number of hydrogen-bond donors (Lipinski definition) is 1. The molecule has 118 valence electrons. The molecule has 22 heavy (non-hydrogen) atoms. The van der Waals surface area contributed by atoms with Crippen molar-refractivity contribution in [1.29, 1.82) is 0 Å². The van der Waals surface area contributed by atoms with E-state index >= 15 is 0 Å². The number of nitrogens with one attached hydrogen (secondary N) is 1. The highest BCUT2D eigenvalue weighted by atomic mass is 16.5. The molecule has 0 bridgehead atoms. The molecule has 1 saturated carbocycles. The van der Waals surface area contributed by atoms with Gasteiger partial charge in [0, 0.05) is 12.2 Å². The quantitative estimate of drug-likeness (QED) is 0.939. The van der Waals surface area contributed by atoms with Crippen LogP contribution in [0.3, 0.4) is 0 Å². The molecular formula is C17H23N3O2. The molecule has 1 amide bonds. The van der Waals surface area contributed by atoms with Gasteiger partial charge in [-0.15, -0.1) is 0 Å². The van der Waals surface area contributed by atoms with Crippen molar-refractivity contribution >= 4 is 17.0 Å². The summed E-state index contributed by atoms with van der Waals surface area (Å²) in [5, 5.41) is 8.05. The van der Waals surface area contributed by atoms with Crippen molar-refractivity contribution in [2.75, 3.05) is 0 Å². The van der Waals surface area contributed by atoms with Gasteiger partial charge in [-0.05, 0) is 30.7 Å². The summed E-state index contributed by atoms with van der Waals surface area (Å²) in [4.78, 5) is 16.7. The van der Waals surface area contributed by atoms with Crippen LogP contribution in [0.2, 0.25) is 0 Å². The molecule has 2 heterocycles. The molecule has 2 aromatic heterocycles. The summed E-state index contributed by atoms with van der Waals surface area (Å²) in [6.45, 7) is 6.31. The number of carbonyl (C=O) groups excluding carboxylic acids is 1. The third-order valence-electron chi connectivity index (χ3n) is 4.59. The molecule has 0 radical (unpaired) electrons. The van der Waals surface area contributed by atoms with Crippen LogP contribution in [0.1, 0.15) is 68.4 Å². The van der Waals surface area contributed by atoms with E-state index in [9.17, 15) is 4.79 Å². The Hall–Kier alpha value is -1.91. The van der Waals surface area contributed by atoms with E-state index in [0.717, 1.165) is 17.5 Å². The van der Waals surface area contributed by atoms with E-state index in [-0.39, 0.29) is 17.9 Å². The zero-order chi connectivity index (χ0) is 15.7. The molecule has 0 spiro atoms. The minimum Gasteiger partial charge on any atom is -0.349 e. The maximum absolute atomic E-state index is 12.5. The van der Waals surface area contributed by atoms with Gasteiger partial charge in [-0.1, -0.05) is 38.8 Å². The Morgan fingerprint density at radius 3 is 2.86 bits per heavy atom. The fourth-order valence-corrected chi connectivity index (χ4v) is 3.17. The van der Waals surface area contributed by atoms with Crippen LogP contribution in [0.4, 0.5) is 0 Å². The maximum Gasteiger partial charge on any atom is 0.257 e. The van der Waals surface area contributed by atoms with Crippen molar-refractivity contribution in [2.45, 2.75) is 58.4 Å². The molecule has 1 aliphatic carbocycles. The highest BCUT2D eigenvalue weighted by Gasteiger charge is 2.24. The molecule has 2 atom stereocenters. The predicted molar refractivity (Wildman–Crippen MR) is 84.8 cm³/mol. The molecule has 5 nitrogen and oxygen atoms in total. The SMILES string of the molecule is CC(C)c1noc2ncc(C(=O)N[C@@H]3CCCC[C@@H]3C)cc12. The first-order valence-electron chi connectivity index (χ1n) is 8.12. The largest absolute Gasteiger partial charge is 0.349 e. The van der Waals surface area contributed by atoms with Gasteiger partial charge in [0.25, 0.3) is 11.6 Å². The fourth-order valence-electron chi connectivity index (χ4n) is 3.17. The summed E-state index contributed by atoms with van der Waals surface area (Å²) in [6, 6.07) is 2.11. The molecule has 0 unspecified atom stereocenters. The van der Waals surface area contributed by atoms with Crippen LogP contribution in [-0.2, 0) is 0 Å². The van der Waals surface area contributed by atoms with Gasteiger partial charge in [-0.25, -0.2) is 4.98 Å². The minimum absolute atomic E-state index is 0.0518. The average molecular weight is 301 g/mol. The topological polar surface area (TPSA) is 68.0 Å². The minimum atomic E-state index is -0.0518. The van der Waals surface area contributed by atoms with Crippen molar-refractivity contribution in [1.82, 2.24) is 15.5 Å². The number of rotatable bonds is 3. The van der Waals surface area contributed by atoms with Gasteiger partial charge in [0.2, 0.25) is 0 Å². The first-order valence-corrected chi connectivity index (χ1v) is 8.12. The Labute approximate surface area is 130 Å². The van der Waals surface area contributed by atoms with Crippen molar-refractivity contribution in [3.8, 4) is 0 Å². The molecule has 1 N–H and O–H groups in total. The molecule has 0 aromatic carbocycles. The van der Waals surface area contributed by atoms with Crippen LogP contribution in [0.15, 0.2) is 16.8 Å². The standard InChI is InChI=1S/C17H23N3O2/c1-10(2)15-13-8-12(9-18-17(13)22-20-15)16(21)19-14-7-5-4-6-11(14)3/h8-11,14H,4-7H2,1-3H3,(H,19,21)/t11-,14+/m0/s1. The highest BCUT2D eigenvalue weighted by molar-refractivity contribution is 5.97. The number of fused-ring (bicyclic) bond motifs is 1. The van der Waals surface area contributed by atoms with E-state index in [4.69, 9.17) is 4.52 Å². The number of nitrogens with zero attached hydrogens (tertiary/aromatic N) is 2. The van der Waals surface area contributed by atoms with Crippen molar-refractivity contribution in [3.63, 3.8) is 0 Å². The van der Waals surface area contributed by atoms with Gasteiger partial charge in [0.1, 0.15) is 0 Å². The van der Waals surface area contributed by atoms with Crippen LogP contribution in [0.5, 0.6) is 0 Å². The van der Waals surface area contributed by atoms with Crippen LogP contribution >= 0.6 is 0 Å². The third-order valence-corrected chi connectivity index (χ3v) is 4.59. The average Bonchev–Trinajstić information content (AvgIpc) is 2.92. The summed E-state index contributed by atoms with van der Waals surface area (Å²) in [6.07, 6.45) is 6.27. The lowest BCUT2D eigenvalue weighted by atomic mass is 9.86. The first kappa shape index (κ1) is 15.0. The Kier molecular flexibility index (Phi) is 4.14. The first-order chi connectivity index (χ1) is 10.6. The molecule has 0 aliphatic heterocycles. The second-order valence-electron chi connectivity index (χ2n) is 6.64. The Bertz CT molecular complexity index is 678. The lowest BCUT2D eigenvalue weighted by Crippen LogP contribution is -2.41. The van der Waals surface area contributed by atoms with Gasteiger partial charge in [-0.3, -0.25) is 4.79 Å².